The van der Waals surface area contributed by atoms with Crippen LogP contribution in [0.5, 0.6) is 0 Å². The summed E-state index contributed by atoms with van der Waals surface area (Å²) in [7, 11) is 0. The number of rotatable bonds is 3. The first-order chi connectivity index (χ1) is 8.18. The number of nitrogens with one attached hydrogen (secondary N) is 1. The van der Waals surface area contributed by atoms with Crippen LogP contribution in [-0.2, 0) is 11.2 Å². The lowest BCUT2D eigenvalue weighted by Crippen LogP contribution is -2.48. The van der Waals surface area contributed by atoms with Crippen LogP contribution in [0.25, 0.3) is 0 Å². The number of piperidine rings is 1. The minimum atomic E-state index is -0.293. The van der Waals surface area contributed by atoms with Gasteiger partial charge in [-0.2, -0.15) is 0 Å². The van der Waals surface area contributed by atoms with Crippen LogP contribution in [-0.4, -0.2) is 18.5 Å². The van der Waals surface area contributed by atoms with Crippen LogP contribution in [0, 0.1) is 11.7 Å². The van der Waals surface area contributed by atoms with Crippen LogP contribution in [0.2, 0.25) is 0 Å². The van der Waals surface area contributed by atoms with E-state index in [0.717, 1.165) is 19.4 Å². The van der Waals surface area contributed by atoms with Gasteiger partial charge >= 0.3 is 0 Å². The Morgan fingerprint density at radius 2 is 2.24 bits per heavy atom. The minimum Gasteiger partial charge on any atom is -0.369 e. The highest BCUT2D eigenvalue weighted by Crippen LogP contribution is 2.20. The maximum atomic E-state index is 13.5. The van der Waals surface area contributed by atoms with Crippen LogP contribution in [0.4, 0.5) is 4.39 Å². The average molecular weight is 236 g/mol. The normalized spacial score (nSPS) is 24.5. The van der Waals surface area contributed by atoms with Crippen molar-refractivity contribution in [3.8, 4) is 0 Å². The van der Waals surface area contributed by atoms with Crippen molar-refractivity contribution in [2.45, 2.75) is 25.3 Å². The molecule has 1 amide bonds. The third kappa shape index (κ3) is 2.82. The lowest BCUT2D eigenvalue weighted by molar-refractivity contribution is -0.123. The summed E-state index contributed by atoms with van der Waals surface area (Å²) in [5.74, 6) is -0.704. The van der Waals surface area contributed by atoms with Crippen LogP contribution < -0.4 is 11.1 Å². The summed E-state index contributed by atoms with van der Waals surface area (Å²) < 4.78 is 13.5. The van der Waals surface area contributed by atoms with Crippen molar-refractivity contribution in [3.63, 3.8) is 0 Å². The van der Waals surface area contributed by atoms with E-state index in [1.807, 2.05) is 0 Å². The third-order valence-electron chi connectivity index (χ3n) is 3.35. The van der Waals surface area contributed by atoms with Crippen molar-refractivity contribution in [1.29, 1.82) is 0 Å². The number of halogens is 1. The summed E-state index contributed by atoms with van der Waals surface area (Å²) in [4.78, 5) is 11.3. The fraction of sp³-hybridized carbons (Fsp3) is 0.462. The van der Waals surface area contributed by atoms with Crippen molar-refractivity contribution in [3.05, 3.63) is 35.6 Å². The van der Waals surface area contributed by atoms with Gasteiger partial charge in [-0.25, -0.2) is 4.39 Å². The molecule has 1 heterocycles. The van der Waals surface area contributed by atoms with Crippen molar-refractivity contribution < 1.29 is 9.18 Å². The van der Waals surface area contributed by atoms with Gasteiger partial charge in [0.25, 0.3) is 0 Å². The monoisotopic (exact) mass is 236 g/mol. The topological polar surface area (TPSA) is 55.1 Å². The molecular weight excluding hydrogens is 219 g/mol. The zero-order chi connectivity index (χ0) is 12.3. The molecule has 3 N–H and O–H groups in total. The smallest absolute Gasteiger partial charge is 0.222 e. The molecular formula is C13H17FN2O. The molecule has 1 saturated heterocycles. The summed E-state index contributed by atoms with van der Waals surface area (Å²) in [6, 6.07) is 6.62. The Morgan fingerprint density at radius 3 is 2.94 bits per heavy atom. The van der Waals surface area contributed by atoms with Gasteiger partial charge in [0.1, 0.15) is 5.82 Å². The molecule has 0 bridgehead atoms. The number of amides is 1. The van der Waals surface area contributed by atoms with Crippen LogP contribution in [0.1, 0.15) is 18.4 Å². The first kappa shape index (κ1) is 12.0. The van der Waals surface area contributed by atoms with E-state index in [-0.39, 0.29) is 23.7 Å². The number of nitrogens with two attached hydrogens (primary N) is 1. The predicted molar refractivity (Wildman–Crippen MR) is 63.8 cm³/mol. The van der Waals surface area contributed by atoms with E-state index in [9.17, 15) is 9.18 Å². The molecule has 2 rings (SSSR count). The van der Waals surface area contributed by atoms with Crippen molar-refractivity contribution in [2.24, 2.45) is 11.7 Å². The van der Waals surface area contributed by atoms with Crippen molar-refractivity contribution >= 4 is 5.91 Å². The van der Waals surface area contributed by atoms with E-state index in [1.165, 1.54) is 6.07 Å². The molecule has 1 fully saturated rings. The molecule has 1 aliphatic rings. The molecule has 92 valence electrons. The van der Waals surface area contributed by atoms with Crippen molar-refractivity contribution in [2.75, 3.05) is 6.54 Å². The van der Waals surface area contributed by atoms with E-state index in [1.54, 1.807) is 18.2 Å². The first-order valence-electron chi connectivity index (χ1n) is 5.94. The Bertz CT molecular complexity index is 408. The Morgan fingerprint density at radius 1 is 1.47 bits per heavy atom. The lowest BCUT2D eigenvalue weighted by atomic mass is 9.86. The Hall–Kier alpha value is -1.42. The molecule has 4 heteroatoms. The SMILES string of the molecule is NC(=O)C1CCCNC1Cc1ccccc1F. The summed E-state index contributed by atoms with van der Waals surface area (Å²) in [6.07, 6.45) is 2.25. The van der Waals surface area contributed by atoms with Gasteiger partial charge in [-0.15, -0.1) is 0 Å². The highest BCUT2D eigenvalue weighted by Gasteiger charge is 2.29. The number of carbonyl (C=O) groups excluding carboxylic acids is 1. The standard InChI is InChI=1S/C13H17FN2O/c14-11-6-2-1-4-9(11)8-12-10(13(15)17)5-3-7-16-12/h1-2,4,6,10,12,16H,3,5,7-8H2,(H2,15,17). The molecule has 1 aromatic rings. The molecule has 3 nitrogen and oxygen atoms in total. The average Bonchev–Trinajstić information content (AvgIpc) is 2.32. The minimum absolute atomic E-state index is 0.0434. The Labute approximate surface area is 100 Å². The fourth-order valence-electron chi connectivity index (χ4n) is 2.41. The van der Waals surface area contributed by atoms with Crippen molar-refractivity contribution in [1.82, 2.24) is 5.32 Å². The second-order valence-corrected chi connectivity index (χ2v) is 4.51. The quantitative estimate of drug-likeness (QED) is 0.829. The van der Waals surface area contributed by atoms with E-state index in [2.05, 4.69) is 5.32 Å². The van der Waals surface area contributed by atoms with Gasteiger partial charge in [-0.3, -0.25) is 4.79 Å². The summed E-state index contributed by atoms with van der Waals surface area (Å²) >= 11 is 0. The largest absolute Gasteiger partial charge is 0.369 e. The van der Waals surface area contributed by atoms with Gasteiger partial charge in [0.2, 0.25) is 5.91 Å². The van der Waals surface area contributed by atoms with Gasteiger partial charge in [0.05, 0.1) is 5.92 Å². The summed E-state index contributed by atoms with van der Waals surface area (Å²) in [6.45, 7) is 0.864. The maximum Gasteiger partial charge on any atom is 0.222 e. The third-order valence-corrected chi connectivity index (χ3v) is 3.35. The second kappa shape index (κ2) is 5.27. The van der Waals surface area contributed by atoms with E-state index in [4.69, 9.17) is 5.73 Å². The molecule has 0 aliphatic carbocycles. The van der Waals surface area contributed by atoms with Crippen LogP contribution in [0.3, 0.4) is 0 Å². The molecule has 1 aliphatic heterocycles. The molecule has 2 atom stereocenters. The Balaban J connectivity index is 2.11. The van der Waals surface area contributed by atoms with Crippen LogP contribution in [0.15, 0.2) is 24.3 Å². The number of benzene rings is 1. The van der Waals surface area contributed by atoms with Gasteiger partial charge in [-0.1, -0.05) is 18.2 Å². The zero-order valence-corrected chi connectivity index (χ0v) is 9.66. The molecule has 17 heavy (non-hydrogen) atoms. The first-order valence-corrected chi connectivity index (χ1v) is 5.94. The van der Waals surface area contributed by atoms with E-state index in [0.29, 0.717) is 12.0 Å². The molecule has 0 saturated carbocycles. The molecule has 2 unspecified atom stereocenters. The highest BCUT2D eigenvalue weighted by molar-refractivity contribution is 5.77. The van der Waals surface area contributed by atoms with Gasteiger partial charge < -0.3 is 11.1 Å². The van der Waals surface area contributed by atoms with Gasteiger partial charge in [-0.05, 0) is 37.4 Å². The second-order valence-electron chi connectivity index (χ2n) is 4.51. The van der Waals surface area contributed by atoms with E-state index >= 15 is 0 Å². The summed E-state index contributed by atoms with van der Waals surface area (Å²) in [5, 5.41) is 3.26. The molecule has 0 radical (unpaired) electrons. The molecule has 1 aromatic carbocycles. The zero-order valence-electron chi connectivity index (χ0n) is 9.66. The number of carbonyl (C=O) groups is 1. The lowest BCUT2D eigenvalue weighted by Gasteiger charge is -2.30. The highest BCUT2D eigenvalue weighted by atomic mass is 19.1. The van der Waals surface area contributed by atoms with Crippen LogP contribution >= 0.6 is 0 Å². The number of hydrogen-bond donors (Lipinski definition) is 2. The Kier molecular flexibility index (Phi) is 3.74. The molecule has 0 aromatic heterocycles. The summed E-state index contributed by atoms with van der Waals surface area (Å²) in [5.41, 5.74) is 6.01. The predicted octanol–water partition coefficient (Wildman–Crippen LogP) is 1.22. The van der Waals surface area contributed by atoms with Gasteiger partial charge in [0, 0.05) is 6.04 Å². The fourth-order valence-corrected chi connectivity index (χ4v) is 2.41. The maximum absolute atomic E-state index is 13.5. The van der Waals surface area contributed by atoms with E-state index < -0.39 is 0 Å². The molecule has 0 spiro atoms. The van der Waals surface area contributed by atoms with Gasteiger partial charge in [0.15, 0.2) is 0 Å². The number of hydrogen-bond acceptors (Lipinski definition) is 2. The number of primary amides is 1.